The van der Waals surface area contributed by atoms with Crippen LogP contribution in [-0.4, -0.2) is 18.1 Å². The van der Waals surface area contributed by atoms with Gasteiger partial charge in [-0.05, 0) is 36.0 Å². The fourth-order valence-corrected chi connectivity index (χ4v) is 2.63. The minimum absolute atomic E-state index is 0.164. The minimum Gasteiger partial charge on any atom is -0.469 e. The van der Waals surface area contributed by atoms with Crippen molar-refractivity contribution in [2.75, 3.05) is 7.11 Å². The molecule has 0 amide bonds. The number of ether oxygens (including phenoxy) is 1. The van der Waals surface area contributed by atoms with Crippen LogP contribution in [0, 0.1) is 11.8 Å². The highest BCUT2D eigenvalue weighted by Crippen LogP contribution is 2.30. The van der Waals surface area contributed by atoms with Gasteiger partial charge in [0.05, 0.1) is 7.11 Å². The van der Waals surface area contributed by atoms with E-state index in [-0.39, 0.29) is 5.97 Å². The lowest BCUT2D eigenvalue weighted by molar-refractivity contribution is -0.140. The summed E-state index contributed by atoms with van der Waals surface area (Å²) in [6.45, 7) is 8.92. The second kappa shape index (κ2) is 7.27. The Kier molecular flexibility index (Phi) is 6.00. The molecule has 0 saturated heterocycles. The molecule has 1 aromatic heterocycles. The lowest BCUT2D eigenvalue weighted by Crippen LogP contribution is -2.15. The van der Waals surface area contributed by atoms with Gasteiger partial charge < -0.3 is 4.74 Å². The van der Waals surface area contributed by atoms with Gasteiger partial charge >= 0.3 is 5.97 Å². The van der Waals surface area contributed by atoms with Crippen LogP contribution < -0.4 is 0 Å². The van der Waals surface area contributed by atoms with Crippen molar-refractivity contribution in [1.29, 1.82) is 0 Å². The molecule has 1 aromatic rings. The highest BCUT2D eigenvalue weighted by molar-refractivity contribution is 5.69. The molecule has 3 heteroatoms. The van der Waals surface area contributed by atoms with Crippen molar-refractivity contribution in [2.45, 2.75) is 46.5 Å². The molecular formula is C16H25NO2. The molecule has 0 aromatic carbocycles. The molecule has 0 radical (unpaired) electrons. The van der Waals surface area contributed by atoms with E-state index in [2.05, 4.69) is 43.5 Å². The summed E-state index contributed by atoms with van der Waals surface area (Å²) in [5.41, 5.74) is 2.29. The van der Waals surface area contributed by atoms with Crippen LogP contribution >= 0.6 is 0 Å². The van der Waals surface area contributed by atoms with E-state index in [0.717, 1.165) is 11.3 Å². The molecule has 0 atom stereocenters. The summed E-state index contributed by atoms with van der Waals surface area (Å²) in [5.74, 6) is 1.41. The van der Waals surface area contributed by atoms with E-state index in [1.807, 2.05) is 12.3 Å². The zero-order valence-electron chi connectivity index (χ0n) is 12.6. The molecule has 19 heavy (non-hydrogen) atoms. The van der Waals surface area contributed by atoms with E-state index < -0.39 is 0 Å². The molecule has 0 aliphatic rings. The third kappa shape index (κ3) is 4.66. The Hall–Kier alpha value is -1.38. The highest BCUT2D eigenvalue weighted by Gasteiger charge is 2.21. The Labute approximate surface area is 116 Å². The molecule has 0 unspecified atom stereocenters. The predicted molar refractivity (Wildman–Crippen MR) is 77.0 cm³/mol. The highest BCUT2D eigenvalue weighted by atomic mass is 16.5. The Morgan fingerprint density at radius 1 is 1.26 bits per heavy atom. The minimum atomic E-state index is -0.164. The lowest BCUT2D eigenvalue weighted by Gasteiger charge is -2.24. The number of hydrogen-bond donors (Lipinski definition) is 0. The molecule has 0 bridgehead atoms. The zero-order chi connectivity index (χ0) is 14.4. The molecule has 0 spiro atoms. The van der Waals surface area contributed by atoms with Gasteiger partial charge in [-0.3, -0.25) is 9.78 Å². The van der Waals surface area contributed by atoms with Gasteiger partial charge in [-0.2, -0.15) is 0 Å². The molecule has 3 nitrogen and oxygen atoms in total. The third-order valence-corrected chi connectivity index (χ3v) is 3.47. The van der Waals surface area contributed by atoms with Crippen LogP contribution in [0.5, 0.6) is 0 Å². The Bertz CT molecular complexity index is 405. The van der Waals surface area contributed by atoms with Crippen LogP contribution in [-0.2, 0) is 16.0 Å². The number of aromatic nitrogens is 1. The summed E-state index contributed by atoms with van der Waals surface area (Å²) in [5, 5.41) is 0. The van der Waals surface area contributed by atoms with E-state index in [1.54, 1.807) is 0 Å². The number of carbonyl (C=O) groups excluding carboxylic acids is 1. The topological polar surface area (TPSA) is 39.2 Å². The maximum Gasteiger partial charge on any atom is 0.305 e. The third-order valence-electron chi connectivity index (χ3n) is 3.47. The first kappa shape index (κ1) is 15.7. The first-order chi connectivity index (χ1) is 8.95. The molecule has 0 aliphatic carbocycles. The van der Waals surface area contributed by atoms with Crippen molar-refractivity contribution in [3.05, 3.63) is 29.6 Å². The average molecular weight is 263 g/mol. The molecule has 0 N–H and O–H groups in total. The molecular weight excluding hydrogens is 238 g/mol. The van der Waals surface area contributed by atoms with Crippen molar-refractivity contribution < 1.29 is 9.53 Å². The second-order valence-electron chi connectivity index (χ2n) is 5.68. The summed E-state index contributed by atoms with van der Waals surface area (Å²) in [6.07, 6.45) is 2.98. The van der Waals surface area contributed by atoms with Gasteiger partial charge in [-0.1, -0.05) is 27.7 Å². The molecule has 106 valence electrons. The monoisotopic (exact) mass is 263 g/mol. The number of carbonyl (C=O) groups is 1. The smallest absolute Gasteiger partial charge is 0.305 e. The number of hydrogen-bond acceptors (Lipinski definition) is 3. The predicted octanol–water partition coefficient (Wildman–Crippen LogP) is 3.58. The largest absolute Gasteiger partial charge is 0.469 e. The van der Waals surface area contributed by atoms with Crippen molar-refractivity contribution in [1.82, 2.24) is 4.98 Å². The summed E-state index contributed by atoms with van der Waals surface area (Å²) in [6, 6.07) is 4.11. The molecule has 1 rings (SSSR count). The van der Waals surface area contributed by atoms with E-state index in [0.29, 0.717) is 30.6 Å². The van der Waals surface area contributed by atoms with E-state index in [4.69, 9.17) is 0 Å². The van der Waals surface area contributed by atoms with Crippen LogP contribution in [0.25, 0.3) is 0 Å². The number of rotatable bonds is 6. The first-order valence-electron chi connectivity index (χ1n) is 6.97. The van der Waals surface area contributed by atoms with Gasteiger partial charge in [0.25, 0.3) is 0 Å². The quantitative estimate of drug-likeness (QED) is 0.736. The van der Waals surface area contributed by atoms with Crippen LogP contribution in [0.3, 0.4) is 0 Å². The average Bonchev–Trinajstić information content (AvgIpc) is 2.35. The van der Waals surface area contributed by atoms with Crippen molar-refractivity contribution in [3.8, 4) is 0 Å². The van der Waals surface area contributed by atoms with Crippen molar-refractivity contribution >= 4 is 5.97 Å². The second-order valence-corrected chi connectivity index (χ2v) is 5.68. The van der Waals surface area contributed by atoms with Gasteiger partial charge in [-0.25, -0.2) is 0 Å². The normalized spacial score (nSPS) is 11.4. The number of methoxy groups -OCH3 is 1. The molecule has 1 heterocycles. The van der Waals surface area contributed by atoms with Gasteiger partial charge in [0, 0.05) is 24.2 Å². The van der Waals surface area contributed by atoms with Crippen LogP contribution in [0.15, 0.2) is 18.3 Å². The van der Waals surface area contributed by atoms with Crippen LogP contribution in [0.1, 0.15) is 51.3 Å². The number of pyridine rings is 1. The Morgan fingerprint density at radius 2 is 1.89 bits per heavy atom. The molecule has 0 saturated carbocycles. The zero-order valence-corrected chi connectivity index (χ0v) is 12.6. The van der Waals surface area contributed by atoms with Crippen molar-refractivity contribution in [3.63, 3.8) is 0 Å². The number of nitrogens with zero attached hydrogens (tertiary/aromatic N) is 1. The maximum atomic E-state index is 11.2. The number of esters is 1. The van der Waals surface area contributed by atoms with E-state index in [9.17, 15) is 4.79 Å². The fourth-order valence-electron chi connectivity index (χ4n) is 2.63. The number of aryl methyl sites for hydroxylation is 1. The molecule has 0 aliphatic heterocycles. The Balaban J connectivity index is 2.83. The van der Waals surface area contributed by atoms with Gasteiger partial charge in [0.1, 0.15) is 0 Å². The van der Waals surface area contributed by atoms with Gasteiger partial charge in [0.15, 0.2) is 0 Å². The first-order valence-corrected chi connectivity index (χ1v) is 6.97. The van der Waals surface area contributed by atoms with E-state index >= 15 is 0 Å². The standard InChI is InChI=1S/C16H25NO2/c1-11(2)16(12(3)4)14-10-13(8-9-17-14)6-7-15(18)19-5/h8-12,16H,6-7H2,1-5H3. The molecule has 0 fully saturated rings. The summed E-state index contributed by atoms with van der Waals surface area (Å²) < 4.78 is 4.67. The maximum absolute atomic E-state index is 11.2. The lowest BCUT2D eigenvalue weighted by atomic mass is 9.82. The Morgan fingerprint density at radius 3 is 2.42 bits per heavy atom. The SMILES string of the molecule is COC(=O)CCc1ccnc(C(C(C)C)C(C)C)c1. The summed E-state index contributed by atoms with van der Waals surface area (Å²) >= 11 is 0. The van der Waals surface area contributed by atoms with E-state index in [1.165, 1.54) is 7.11 Å². The van der Waals surface area contributed by atoms with Gasteiger partial charge in [0.2, 0.25) is 0 Å². The van der Waals surface area contributed by atoms with Crippen molar-refractivity contribution in [2.24, 2.45) is 11.8 Å². The van der Waals surface area contributed by atoms with Crippen LogP contribution in [0.2, 0.25) is 0 Å². The summed E-state index contributed by atoms with van der Waals surface area (Å²) in [4.78, 5) is 15.7. The summed E-state index contributed by atoms with van der Waals surface area (Å²) in [7, 11) is 1.42. The van der Waals surface area contributed by atoms with Gasteiger partial charge in [-0.15, -0.1) is 0 Å². The van der Waals surface area contributed by atoms with Crippen LogP contribution in [0.4, 0.5) is 0 Å². The fraction of sp³-hybridized carbons (Fsp3) is 0.625.